The van der Waals surface area contributed by atoms with Crippen LogP contribution in [0.2, 0.25) is 0 Å². The second-order valence-electron chi connectivity index (χ2n) is 6.06. The smallest absolute Gasteiger partial charge is 0.306 e. The molecule has 1 saturated carbocycles. The van der Waals surface area contributed by atoms with Crippen molar-refractivity contribution in [2.45, 2.75) is 58.9 Å². The highest BCUT2D eigenvalue weighted by atomic mass is 32.1. The summed E-state index contributed by atoms with van der Waals surface area (Å²) in [6.45, 7) is 6.96. The molecule has 1 aliphatic carbocycles. The number of hydrogen-bond donors (Lipinski definition) is 1. The van der Waals surface area contributed by atoms with E-state index in [2.05, 4.69) is 24.1 Å². The Morgan fingerprint density at radius 3 is 2.95 bits per heavy atom. The summed E-state index contributed by atoms with van der Waals surface area (Å²) in [7, 11) is 0. The van der Waals surface area contributed by atoms with Crippen molar-refractivity contribution in [2.75, 3.05) is 11.9 Å². The van der Waals surface area contributed by atoms with Gasteiger partial charge in [0.25, 0.3) is 0 Å². The Morgan fingerprint density at radius 1 is 1.43 bits per heavy atom. The third-order valence-corrected chi connectivity index (χ3v) is 5.19. The number of hydrogen-bond acceptors (Lipinski definition) is 5. The van der Waals surface area contributed by atoms with E-state index in [1.165, 1.54) is 19.3 Å². The van der Waals surface area contributed by atoms with Crippen LogP contribution in [-0.4, -0.2) is 23.6 Å². The van der Waals surface area contributed by atoms with E-state index in [1.807, 2.05) is 12.3 Å². The summed E-state index contributed by atoms with van der Waals surface area (Å²) < 4.78 is 4.93. The first-order valence-electron chi connectivity index (χ1n) is 7.95. The van der Waals surface area contributed by atoms with E-state index >= 15 is 0 Å². The minimum Gasteiger partial charge on any atom is -0.466 e. The van der Waals surface area contributed by atoms with Crippen LogP contribution in [0.3, 0.4) is 0 Å². The maximum Gasteiger partial charge on any atom is 0.306 e. The minimum atomic E-state index is -0.143. The van der Waals surface area contributed by atoms with Gasteiger partial charge in [0.2, 0.25) is 0 Å². The van der Waals surface area contributed by atoms with Crippen molar-refractivity contribution in [1.82, 2.24) is 4.98 Å². The van der Waals surface area contributed by atoms with E-state index in [0.29, 0.717) is 25.5 Å². The highest BCUT2D eigenvalue weighted by Crippen LogP contribution is 2.31. The van der Waals surface area contributed by atoms with Crippen LogP contribution >= 0.6 is 11.3 Å². The summed E-state index contributed by atoms with van der Waals surface area (Å²) >= 11 is 1.64. The van der Waals surface area contributed by atoms with Gasteiger partial charge in [-0.25, -0.2) is 4.98 Å². The van der Waals surface area contributed by atoms with Gasteiger partial charge in [-0.3, -0.25) is 4.79 Å². The van der Waals surface area contributed by atoms with Crippen LogP contribution in [0.1, 0.15) is 52.1 Å². The predicted molar refractivity (Wildman–Crippen MR) is 86.7 cm³/mol. The number of esters is 1. The number of ether oxygens (including phenoxy) is 1. The van der Waals surface area contributed by atoms with Crippen LogP contribution in [-0.2, 0) is 16.0 Å². The molecule has 1 fully saturated rings. The summed E-state index contributed by atoms with van der Waals surface area (Å²) in [6.07, 6.45) is 4.81. The van der Waals surface area contributed by atoms with Crippen LogP contribution in [0, 0.1) is 11.8 Å². The molecule has 0 amide bonds. The summed E-state index contributed by atoms with van der Waals surface area (Å²) in [6, 6.07) is 0.542. The maximum absolute atomic E-state index is 11.3. The molecular formula is C16H26N2O2S. The Kier molecular flexibility index (Phi) is 6.03. The molecule has 0 radical (unpaired) electrons. The third kappa shape index (κ3) is 4.99. The molecular weight excluding hydrogens is 284 g/mol. The van der Waals surface area contributed by atoms with Crippen molar-refractivity contribution in [3.8, 4) is 0 Å². The molecule has 1 N–H and O–H groups in total. The first-order valence-corrected chi connectivity index (χ1v) is 8.83. The zero-order valence-corrected chi connectivity index (χ0v) is 14.0. The second-order valence-corrected chi connectivity index (χ2v) is 6.92. The number of carbonyl (C=O) groups excluding carboxylic acids is 1. The molecule has 118 valence electrons. The number of nitrogens with zero attached hydrogens (tertiary/aromatic N) is 1. The molecule has 21 heavy (non-hydrogen) atoms. The summed E-state index contributed by atoms with van der Waals surface area (Å²) in [5.41, 5.74) is 0.979. The van der Waals surface area contributed by atoms with Gasteiger partial charge >= 0.3 is 5.97 Å². The van der Waals surface area contributed by atoms with Crippen molar-refractivity contribution in [3.63, 3.8) is 0 Å². The molecule has 0 aromatic carbocycles. The van der Waals surface area contributed by atoms with E-state index in [-0.39, 0.29) is 5.97 Å². The van der Waals surface area contributed by atoms with Crippen LogP contribution in [0.25, 0.3) is 0 Å². The first-order chi connectivity index (χ1) is 10.1. The van der Waals surface area contributed by atoms with Crippen molar-refractivity contribution in [3.05, 3.63) is 11.1 Å². The number of carbonyl (C=O) groups is 1. The Morgan fingerprint density at radius 2 is 2.24 bits per heavy atom. The molecule has 2 rings (SSSR count). The van der Waals surface area contributed by atoms with Crippen LogP contribution in [0.5, 0.6) is 0 Å². The lowest BCUT2D eigenvalue weighted by Gasteiger charge is -2.32. The zero-order chi connectivity index (χ0) is 15.2. The van der Waals surface area contributed by atoms with Crippen molar-refractivity contribution in [1.29, 1.82) is 0 Å². The van der Waals surface area contributed by atoms with Gasteiger partial charge in [0, 0.05) is 17.8 Å². The number of anilines is 1. The SMILES string of the molecule is CCOC(=O)CCc1csc(NC2CCC(C)C(C)C2)n1. The summed E-state index contributed by atoms with van der Waals surface area (Å²) in [4.78, 5) is 15.9. The van der Waals surface area contributed by atoms with Crippen molar-refractivity contribution < 1.29 is 9.53 Å². The molecule has 1 aliphatic rings. The molecule has 5 heteroatoms. The third-order valence-electron chi connectivity index (χ3n) is 4.37. The zero-order valence-electron chi connectivity index (χ0n) is 13.2. The van der Waals surface area contributed by atoms with Crippen LogP contribution in [0.4, 0.5) is 5.13 Å². The fourth-order valence-corrected chi connectivity index (χ4v) is 3.63. The quantitative estimate of drug-likeness (QED) is 0.810. The molecule has 3 atom stereocenters. The van der Waals surface area contributed by atoms with Crippen molar-refractivity contribution >= 4 is 22.4 Å². The Labute approximate surface area is 131 Å². The van der Waals surface area contributed by atoms with E-state index in [1.54, 1.807) is 11.3 Å². The monoisotopic (exact) mass is 310 g/mol. The molecule has 0 saturated heterocycles. The predicted octanol–water partition coefficient (Wildman–Crippen LogP) is 3.88. The molecule has 0 spiro atoms. The molecule has 1 heterocycles. The molecule has 1 aromatic heterocycles. The lowest BCUT2D eigenvalue weighted by Crippen LogP contribution is -2.30. The van der Waals surface area contributed by atoms with Gasteiger partial charge in [-0.1, -0.05) is 13.8 Å². The van der Waals surface area contributed by atoms with E-state index in [9.17, 15) is 4.79 Å². The number of rotatable bonds is 6. The molecule has 0 aliphatic heterocycles. The van der Waals surface area contributed by atoms with Crippen molar-refractivity contribution in [2.24, 2.45) is 11.8 Å². The topological polar surface area (TPSA) is 51.2 Å². The van der Waals surface area contributed by atoms with Gasteiger partial charge < -0.3 is 10.1 Å². The van der Waals surface area contributed by atoms with Crippen LogP contribution < -0.4 is 5.32 Å². The first kappa shape index (κ1) is 16.3. The largest absolute Gasteiger partial charge is 0.466 e. The lowest BCUT2D eigenvalue weighted by molar-refractivity contribution is -0.143. The van der Waals surface area contributed by atoms with Crippen LogP contribution in [0.15, 0.2) is 5.38 Å². The number of thiazole rings is 1. The number of aryl methyl sites for hydroxylation is 1. The average Bonchev–Trinajstić information content (AvgIpc) is 2.89. The molecule has 0 bridgehead atoms. The van der Waals surface area contributed by atoms with E-state index in [4.69, 9.17) is 4.74 Å². The average molecular weight is 310 g/mol. The Bertz CT molecular complexity index is 461. The standard InChI is InChI=1S/C16H26N2O2S/c1-4-20-15(19)8-7-14-10-21-16(18-14)17-13-6-5-11(2)12(3)9-13/h10-13H,4-9H2,1-3H3,(H,17,18). The summed E-state index contributed by atoms with van der Waals surface area (Å²) in [5.74, 6) is 1.47. The second kappa shape index (κ2) is 7.78. The normalized spacial score (nSPS) is 25.6. The molecule has 1 aromatic rings. The fraction of sp³-hybridized carbons (Fsp3) is 0.750. The van der Waals surface area contributed by atoms with E-state index < -0.39 is 0 Å². The number of aromatic nitrogens is 1. The highest BCUT2D eigenvalue weighted by molar-refractivity contribution is 7.13. The number of nitrogens with one attached hydrogen (secondary N) is 1. The lowest BCUT2D eigenvalue weighted by atomic mass is 9.79. The minimum absolute atomic E-state index is 0.143. The Hall–Kier alpha value is -1.10. The van der Waals surface area contributed by atoms with Gasteiger partial charge in [0.15, 0.2) is 5.13 Å². The Balaban J connectivity index is 1.79. The maximum atomic E-state index is 11.3. The highest BCUT2D eigenvalue weighted by Gasteiger charge is 2.24. The molecule has 4 nitrogen and oxygen atoms in total. The van der Waals surface area contributed by atoms with Gasteiger partial charge in [0.05, 0.1) is 18.7 Å². The van der Waals surface area contributed by atoms with Gasteiger partial charge in [-0.15, -0.1) is 11.3 Å². The van der Waals surface area contributed by atoms with Gasteiger partial charge in [-0.2, -0.15) is 0 Å². The van der Waals surface area contributed by atoms with Gasteiger partial charge in [0.1, 0.15) is 0 Å². The van der Waals surface area contributed by atoms with E-state index in [0.717, 1.165) is 22.7 Å². The summed E-state index contributed by atoms with van der Waals surface area (Å²) in [5, 5.41) is 6.58. The molecule has 3 unspecified atom stereocenters. The fourth-order valence-electron chi connectivity index (χ4n) is 2.80. The van der Waals surface area contributed by atoms with Gasteiger partial charge in [-0.05, 0) is 38.0 Å².